The van der Waals surface area contributed by atoms with Gasteiger partial charge in [-0.05, 0) is 29.9 Å². The normalized spacial score (nSPS) is 11.7. The average molecular weight is 410 g/mol. The van der Waals surface area contributed by atoms with Crippen LogP contribution in [0.1, 0.15) is 50.3 Å². The van der Waals surface area contributed by atoms with Gasteiger partial charge in [0.1, 0.15) is 6.04 Å². The third-order valence-corrected chi connectivity index (χ3v) is 4.33. The minimum Gasteiger partial charge on any atom is -0.451 e. The zero-order chi connectivity index (χ0) is 21.8. The summed E-state index contributed by atoms with van der Waals surface area (Å²) in [7, 11) is 0. The van der Waals surface area contributed by atoms with E-state index in [-0.39, 0.29) is 25.4 Å². The molecule has 0 spiro atoms. The zero-order valence-corrected chi connectivity index (χ0v) is 17.4. The SMILES string of the molecule is CC(C)COC(=O)NC(CCC[C]=O)C(=O)OC(c1ccccc1)c1ccccc1. The van der Waals surface area contributed by atoms with E-state index in [2.05, 4.69) is 5.32 Å². The van der Waals surface area contributed by atoms with Crippen LogP contribution in [-0.2, 0) is 19.1 Å². The van der Waals surface area contributed by atoms with E-state index in [4.69, 9.17) is 9.47 Å². The number of hydrogen-bond donors (Lipinski definition) is 1. The van der Waals surface area contributed by atoms with E-state index < -0.39 is 24.2 Å². The summed E-state index contributed by atoms with van der Waals surface area (Å²) < 4.78 is 11.0. The van der Waals surface area contributed by atoms with Crippen LogP contribution in [0.3, 0.4) is 0 Å². The van der Waals surface area contributed by atoms with Crippen LogP contribution in [-0.4, -0.2) is 31.0 Å². The lowest BCUT2D eigenvalue weighted by Gasteiger charge is -2.23. The maximum Gasteiger partial charge on any atom is 0.407 e. The Labute approximate surface area is 177 Å². The molecule has 0 bridgehead atoms. The molecule has 30 heavy (non-hydrogen) atoms. The van der Waals surface area contributed by atoms with Gasteiger partial charge in [-0.2, -0.15) is 0 Å². The summed E-state index contributed by atoms with van der Waals surface area (Å²) in [6.45, 7) is 4.08. The molecule has 2 aromatic carbocycles. The fourth-order valence-corrected chi connectivity index (χ4v) is 2.84. The number of carbonyl (C=O) groups excluding carboxylic acids is 3. The first-order chi connectivity index (χ1) is 14.5. The lowest BCUT2D eigenvalue weighted by atomic mass is 10.0. The topological polar surface area (TPSA) is 81.7 Å². The van der Waals surface area contributed by atoms with Crippen molar-refractivity contribution in [1.29, 1.82) is 0 Å². The van der Waals surface area contributed by atoms with E-state index in [1.54, 1.807) is 6.29 Å². The molecule has 0 aliphatic heterocycles. The van der Waals surface area contributed by atoms with Crippen molar-refractivity contribution < 1.29 is 23.9 Å². The molecule has 1 radical (unpaired) electrons. The number of carbonyl (C=O) groups is 2. The number of unbranched alkanes of at least 4 members (excludes halogenated alkanes) is 1. The van der Waals surface area contributed by atoms with Gasteiger partial charge in [0.25, 0.3) is 0 Å². The van der Waals surface area contributed by atoms with Crippen LogP contribution in [0.15, 0.2) is 60.7 Å². The van der Waals surface area contributed by atoms with Gasteiger partial charge in [0.05, 0.1) is 6.61 Å². The van der Waals surface area contributed by atoms with E-state index in [9.17, 15) is 14.4 Å². The second-order valence-electron chi connectivity index (χ2n) is 7.36. The van der Waals surface area contributed by atoms with Crippen molar-refractivity contribution in [2.24, 2.45) is 5.92 Å². The van der Waals surface area contributed by atoms with Gasteiger partial charge in [0.15, 0.2) is 12.4 Å². The van der Waals surface area contributed by atoms with Gasteiger partial charge in [0, 0.05) is 6.42 Å². The molecule has 1 amide bonds. The minimum atomic E-state index is -0.923. The highest BCUT2D eigenvalue weighted by molar-refractivity contribution is 5.81. The Balaban J connectivity index is 2.16. The molecule has 0 saturated heterocycles. The van der Waals surface area contributed by atoms with E-state index in [1.807, 2.05) is 74.5 Å². The van der Waals surface area contributed by atoms with Gasteiger partial charge in [-0.1, -0.05) is 74.5 Å². The molecule has 1 atom stereocenters. The second kappa shape index (κ2) is 12.4. The predicted octanol–water partition coefficient (Wildman–Crippen LogP) is 4.35. The van der Waals surface area contributed by atoms with Crippen LogP contribution in [0.25, 0.3) is 0 Å². The first-order valence-corrected chi connectivity index (χ1v) is 10.1. The van der Waals surface area contributed by atoms with E-state index in [0.717, 1.165) is 11.1 Å². The van der Waals surface area contributed by atoms with Gasteiger partial charge in [0.2, 0.25) is 0 Å². The molecule has 0 aliphatic carbocycles. The van der Waals surface area contributed by atoms with Gasteiger partial charge in [-0.25, -0.2) is 9.59 Å². The molecule has 0 fully saturated rings. The number of rotatable bonds is 11. The zero-order valence-electron chi connectivity index (χ0n) is 17.4. The van der Waals surface area contributed by atoms with Gasteiger partial charge < -0.3 is 14.8 Å². The number of amides is 1. The van der Waals surface area contributed by atoms with Crippen molar-refractivity contribution >= 4 is 18.3 Å². The number of benzene rings is 2. The third-order valence-electron chi connectivity index (χ3n) is 4.33. The molecule has 0 aromatic heterocycles. The lowest BCUT2D eigenvalue weighted by Crippen LogP contribution is -2.43. The number of hydrogen-bond acceptors (Lipinski definition) is 5. The highest BCUT2D eigenvalue weighted by Gasteiger charge is 2.27. The van der Waals surface area contributed by atoms with Crippen molar-refractivity contribution in [3.05, 3.63) is 71.8 Å². The van der Waals surface area contributed by atoms with Crippen molar-refractivity contribution in [3.63, 3.8) is 0 Å². The smallest absolute Gasteiger partial charge is 0.407 e. The quantitative estimate of drug-likeness (QED) is 0.440. The Kier molecular flexibility index (Phi) is 9.58. The molecular weight excluding hydrogens is 382 g/mol. The molecule has 2 aromatic rings. The summed E-state index contributed by atoms with van der Waals surface area (Å²) in [5.74, 6) is -0.411. The number of ether oxygens (including phenoxy) is 2. The van der Waals surface area contributed by atoms with Crippen LogP contribution in [0.5, 0.6) is 0 Å². The molecule has 6 heteroatoms. The molecule has 2 rings (SSSR count). The minimum absolute atomic E-state index is 0.173. The van der Waals surface area contributed by atoms with Gasteiger partial charge in [-0.3, -0.25) is 4.79 Å². The Bertz CT molecular complexity index is 752. The summed E-state index contributed by atoms with van der Waals surface area (Å²) in [5, 5.41) is 2.57. The lowest BCUT2D eigenvalue weighted by molar-refractivity contribution is -0.150. The maximum atomic E-state index is 13.0. The molecule has 159 valence electrons. The third kappa shape index (κ3) is 7.70. The summed E-state index contributed by atoms with van der Waals surface area (Å²) in [4.78, 5) is 35.6. The molecule has 1 unspecified atom stereocenters. The standard InChI is InChI=1S/C24H28NO5/c1-18(2)17-29-24(28)25-21(15-9-10-16-26)23(27)30-22(19-11-5-3-6-12-19)20-13-7-4-8-14-20/h3-8,11-14,18,21-22H,9-10,15,17H2,1-2H3,(H,25,28). The summed E-state index contributed by atoms with van der Waals surface area (Å²) in [6, 6.07) is 17.9. The highest BCUT2D eigenvalue weighted by atomic mass is 16.6. The Hall–Kier alpha value is -3.15. The number of nitrogens with one attached hydrogen (secondary N) is 1. The van der Waals surface area contributed by atoms with Crippen LogP contribution >= 0.6 is 0 Å². The second-order valence-corrected chi connectivity index (χ2v) is 7.36. The maximum absolute atomic E-state index is 13.0. The van der Waals surface area contributed by atoms with Crippen LogP contribution in [0, 0.1) is 5.92 Å². The van der Waals surface area contributed by atoms with E-state index in [0.29, 0.717) is 6.42 Å². The highest BCUT2D eigenvalue weighted by Crippen LogP contribution is 2.26. The van der Waals surface area contributed by atoms with Crippen molar-refractivity contribution in [1.82, 2.24) is 5.32 Å². The first-order valence-electron chi connectivity index (χ1n) is 10.1. The van der Waals surface area contributed by atoms with Crippen LogP contribution in [0.4, 0.5) is 4.79 Å². The molecule has 0 heterocycles. The van der Waals surface area contributed by atoms with E-state index >= 15 is 0 Å². The summed E-state index contributed by atoms with van der Waals surface area (Å²) in [6.07, 6.45) is 1.32. The van der Waals surface area contributed by atoms with E-state index in [1.165, 1.54) is 0 Å². The predicted molar refractivity (Wildman–Crippen MR) is 113 cm³/mol. The molecular formula is C24H28NO5. The van der Waals surface area contributed by atoms with Gasteiger partial charge in [-0.15, -0.1) is 0 Å². The Morgan fingerprint density at radius 2 is 1.53 bits per heavy atom. The Morgan fingerprint density at radius 1 is 0.967 bits per heavy atom. The van der Waals surface area contributed by atoms with Crippen molar-refractivity contribution in [2.75, 3.05) is 6.61 Å². The first kappa shape index (κ1) is 23.1. The van der Waals surface area contributed by atoms with Crippen LogP contribution in [0.2, 0.25) is 0 Å². The summed E-state index contributed by atoms with van der Waals surface area (Å²) in [5.41, 5.74) is 1.64. The fraction of sp³-hybridized carbons (Fsp3) is 0.375. The van der Waals surface area contributed by atoms with Crippen molar-refractivity contribution in [2.45, 2.75) is 45.3 Å². The molecule has 0 aliphatic rings. The van der Waals surface area contributed by atoms with Gasteiger partial charge >= 0.3 is 12.1 Å². The number of esters is 1. The largest absolute Gasteiger partial charge is 0.451 e. The molecule has 6 nitrogen and oxygen atoms in total. The average Bonchev–Trinajstić information content (AvgIpc) is 2.76. The molecule has 1 N–H and O–H groups in total. The van der Waals surface area contributed by atoms with Crippen LogP contribution < -0.4 is 5.32 Å². The number of alkyl carbamates (subject to hydrolysis) is 1. The monoisotopic (exact) mass is 410 g/mol. The van der Waals surface area contributed by atoms with Crippen molar-refractivity contribution in [3.8, 4) is 0 Å². The molecule has 0 saturated carbocycles. The fourth-order valence-electron chi connectivity index (χ4n) is 2.84. The summed E-state index contributed by atoms with van der Waals surface area (Å²) >= 11 is 0. The Morgan fingerprint density at radius 3 is 2.03 bits per heavy atom.